The highest BCUT2D eigenvalue weighted by Gasteiger charge is 2.40. The van der Waals surface area contributed by atoms with Gasteiger partial charge in [-0.25, -0.2) is 4.98 Å². The zero-order valence-corrected chi connectivity index (χ0v) is 12.4. The van der Waals surface area contributed by atoms with Gasteiger partial charge in [-0.3, -0.25) is 0 Å². The van der Waals surface area contributed by atoms with E-state index in [-0.39, 0.29) is 0 Å². The van der Waals surface area contributed by atoms with Gasteiger partial charge < -0.3 is 9.88 Å². The molecule has 3 heteroatoms. The largest absolute Gasteiger partial charge is 0.312 e. The van der Waals surface area contributed by atoms with Gasteiger partial charge in [-0.1, -0.05) is 12.1 Å². The number of rotatable bonds is 7. The van der Waals surface area contributed by atoms with E-state index >= 15 is 0 Å². The van der Waals surface area contributed by atoms with E-state index in [1.807, 2.05) is 23.3 Å². The molecule has 0 atom stereocenters. The van der Waals surface area contributed by atoms with Crippen LogP contribution in [0.15, 0.2) is 43.0 Å². The standard InChI is InChI=1S/C18H23N3/c1-7-17(21-10-9-19-13-21)8-2-14(1)11-20-12-18(15-3-4-15)16-5-6-16/h1-2,7-10,13,15-16,18,20H,3-6,11-12H2. The van der Waals surface area contributed by atoms with Gasteiger partial charge in [-0.05, 0) is 67.7 Å². The summed E-state index contributed by atoms with van der Waals surface area (Å²) in [6.07, 6.45) is 11.5. The molecular formula is C18H23N3. The molecule has 2 aromatic rings. The molecule has 1 N–H and O–H groups in total. The second kappa shape index (κ2) is 5.64. The SMILES string of the molecule is c1cn(-c2ccc(CNCC(C3CC3)C3CC3)cc2)cn1. The predicted molar refractivity (Wildman–Crippen MR) is 84.2 cm³/mol. The van der Waals surface area contributed by atoms with Crippen molar-refractivity contribution in [2.45, 2.75) is 32.2 Å². The van der Waals surface area contributed by atoms with Crippen molar-refractivity contribution in [3.05, 3.63) is 48.5 Å². The van der Waals surface area contributed by atoms with Crippen LogP contribution in [0.3, 0.4) is 0 Å². The maximum atomic E-state index is 4.09. The van der Waals surface area contributed by atoms with E-state index in [9.17, 15) is 0 Å². The van der Waals surface area contributed by atoms with Crippen LogP contribution >= 0.6 is 0 Å². The van der Waals surface area contributed by atoms with Crippen LogP contribution in [-0.2, 0) is 6.54 Å². The summed E-state index contributed by atoms with van der Waals surface area (Å²) >= 11 is 0. The summed E-state index contributed by atoms with van der Waals surface area (Å²) in [5, 5.41) is 3.68. The topological polar surface area (TPSA) is 29.9 Å². The molecule has 1 aromatic carbocycles. The Labute approximate surface area is 126 Å². The minimum Gasteiger partial charge on any atom is -0.312 e. The third-order valence-electron chi connectivity index (χ3n) is 4.90. The Hall–Kier alpha value is -1.61. The predicted octanol–water partition coefficient (Wildman–Crippen LogP) is 3.40. The van der Waals surface area contributed by atoms with Crippen molar-refractivity contribution in [2.24, 2.45) is 17.8 Å². The Morgan fingerprint density at radius 1 is 1.10 bits per heavy atom. The van der Waals surface area contributed by atoms with Gasteiger partial charge in [0.15, 0.2) is 0 Å². The van der Waals surface area contributed by atoms with Crippen molar-refractivity contribution >= 4 is 0 Å². The molecule has 0 amide bonds. The molecule has 0 saturated heterocycles. The Morgan fingerprint density at radius 2 is 1.81 bits per heavy atom. The molecule has 1 aromatic heterocycles. The van der Waals surface area contributed by atoms with Gasteiger partial charge in [0, 0.05) is 24.6 Å². The second-order valence-corrected chi connectivity index (χ2v) is 6.61. The quantitative estimate of drug-likeness (QED) is 0.843. The maximum Gasteiger partial charge on any atom is 0.0991 e. The second-order valence-electron chi connectivity index (χ2n) is 6.61. The molecule has 2 aliphatic carbocycles. The zero-order valence-electron chi connectivity index (χ0n) is 12.4. The van der Waals surface area contributed by atoms with Crippen molar-refractivity contribution in [2.75, 3.05) is 6.54 Å². The van der Waals surface area contributed by atoms with Gasteiger partial charge >= 0.3 is 0 Å². The van der Waals surface area contributed by atoms with E-state index in [1.165, 1.54) is 43.5 Å². The van der Waals surface area contributed by atoms with Crippen LogP contribution in [0.1, 0.15) is 31.2 Å². The lowest BCUT2D eigenvalue weighted by Crippen LogP contribution is -2.25. The lowest BCUT2D eigenvalue weighted by Gasteiger charge is -2.16. The summed E-state index contributed by atoms with van der Waals surface area (Å²) in [6, 6.07) is 8.76. The number of aromatic nitrogens is 2. The fourth-order valence-corrected chi connectivity index (χ4v) is 3.35. The molecule has 0 spiro atoms. The number of imidazole rings is 1. The van der Waals surface area contributed by atoms with Gasteiger partial charge in [0.25, 0.3) is 0 Å². The number of benzene rings is 1. The average Bonchev–Trinajstić information content (AvgIpc) is 3.45. The summed E-state index contributed by atoms with van der Waals surface area (Å²) in [5.74, 6) is 3.03. The Kier molecular flexibility index (Phi) is 3.52. The highest BCUT2D eigenvalue weighted by molar-refractivity contribution is 5.34. The minimum atomic E-state index is 0.954. The minimum absolute atomic E-state index is 0.954. The van der Waals surface area contributed by atoms with E-state index in [1.54, 1.807) is 0 Å². The van der Waals surface area contributed by atoms with Crippen LogP contribution in [0.4, 0.5) is 0 Å². The van der Waals surface area contributed by atoms with E-state index < -0.39 is 0 Å². The Morgan fingerprint density at radius 3 is 2.38 bits per heavy atom. The van der Waals surface area contributed by atoms with Gasteiger partial charge in [0.1, 0.15) is 0 Å². The van der Waals surface area contributed by atoms with Gasteiger partial charge in [0.05, 0.1) is 6.33 Å². The van der Waals surface area contributed by atoms with E-state index in [2.05, 4.69) is 34.6 Å². The number of hydrogen-bond donors (Lipinski definition) is 1. The van der Waals surface area contributed by atoms with Crippen LogP contribution in [-0.4, -0.2) is 16.1 Å². The smallest absolute Gasteiger partial charge is 0.0991 e. The van der Waals surface area contributed by atoms with Crippen LogP contribution < -0.4 is 5.32 Å². The van der Waals surface area contributed by atoms with Gasteiger partial charge in [-0.2, -0.15) is 0 Å². The van der Waals surface area contributed by atoms with Gasteiger partial charge in [0.2, 0.25) is 0 Å². The molecule has 110 valence electrons. The maximum absolute atomic E-state index is 4.09. The van der Waals surface area contributed by atoms with E-state index in [4.69, 9.17) is 0 Å². The molecule has 0 aliphatic heterocycles. The number of nitrogens with one attached hydrogen (secondary N) is 1. The van der Waals surface area contributed by atoms with Crippen molar-refractivity contribution in [1.29, 1.82) is 0 Å². The van der Waals surface area contributed by atoms with Crippen LogP contribution in [0.25, 0.3) is 5.69 Å². The normalized spacial score (nSPS) is 18.3. The van der Waals surface area contributed by atoms with Gasteiger partial charge in [-0.15, -0.1) is 0 Å². The molecule has 1 heterocycles. The van der Waals surface area contributed by atoms with Crippen LogP contribution in [0, 0.1) is 17.8 Å². The lowest BCUT2D eigenvalue weighted by atomic mass is 9.98. The summed E-state index contributed by atoms with van der Waals surface area (Å²) < 4.78 is 2.04. The third kappa shape index (κ3) is 3.18. The third-order valence-corrected chi connectivity index (χ3v) is 4.90. The highest BCUT2D eigenvalue weighted by Crippen LogP contribution is 2.48. The van der Waals surface area contributed by atoms with Crippen molar-refractivity contribution < 1.29 is 0 Å². The first-order chi connectivity index (χ1) is 10.4. The first kappa shape index (κ1) is 13.1. The molecule has 0 unspecified atom stereocenters. The molecule has 0 bridgehead atoms. The molecule has 3 nitrogen and oxygen atoms in total. The summed E-state index contributed by atoms with van der Waals surface area (Å²) in [7, 11) is 0. The van der Waals surface area contributed by atoms with Crippen molar-refractivity contribution in [3.8, 4) is 5.69 Å². The molecule has 2 fully saturated rings. The summed E-state index contributed by atoms with van der Waals surface area (Å²) in [5.41, 5.74) is 2.54. The number of nitrogens with zero attached hydrogens (tertiary/aromatic N) is 2. The molecular weight excluding hydrogens is 258 g/mol. The first-order valence-electron chi connectivity index (χ1n) is 8.18. The lowest BCUT2D eigenvalue weighted by molar-refractivity contribution is 0.378. The van der Waals surface area contributed by atoms with Crippen molar-refractivity contribution in [3.63, 3.8) is 0 Å². The van der Waals surface area contributed by atoms with E-state index in [0.717, 1.165) is 24.3 Å². The Balaban J connectivity index is 1.30. The molecule has 2 aliphatic rings. The highest BCUT2D eigenvalue weighted by atomic mass is 15.0. The zero-order chi connectivity index (χ0) is 14.1. The van der Waals surface area contributed by atoms with E-state index in [0.29, 0.717) is 0 Å². The molecule has 2 saturated carbocycles. The number of hydrogen-bond acceptors (Lipinski definition) is 2. The van der Waals surface area contributed by atoms with Crippen molar-refractivity contribution in [1.82, 2.24) is 14.9 Å². The fourth-order valence-electron chi connectivity index (χ4n) is 3.35. The monoisotopic (exact) mass is 281 g/mol. The van der Waals surface area contributed by atoms with Crippen LogP contribution in [0.5, 0.6) is 0 Å². The average molecular weight is 281 g/mol. The molecule has 4 rings (SSSR count). The summed E-state index contributed by atoms with van der Waals surface area (Å²) in [4.78, 5) is 4.09. The first-order valence-corrected chi connectivity index (χ1v) is 8.18. The summed E-state index contributed by atoms with van der Waals surface area (Å²) in [6.45, 7) is 2.19. The molecule has 0 radical (unpaired) electrons. The fraction of sp³-hybridized carbons (Fsp3) is 0.500. The Bertz CT molecular complexity index is 553. The molecule has 21 heavy (non-hydrogen) atoms. The van der Waals surface area contributed by atoms with Crippen LogP contribution in [0.2, 0.25) is 0 Å².